The van der Waals surface area contributed by atoms with Crippen LogP contribution in [0.4, 0.5) is 0 Å². The third kappa shape index (κ3) is 3.09. The van der Waals surface area contributed by atoms with Gasteiger partial charge in [0.2, 0.25) is 0 Å². The molecule has 0 saturated carbocycles. The van der Waals surface area contributed by atoms with E-state index in [1.54, 1.807) is 0 Å². The Morgan fingerprint density at radius 2 is 1.24 bits per heavy atom. The zero-order chi connectivity index (χ0) is 25.1. The summed E-state index contributed by atoms with van der Waals surface area (Å²) in [5.74, 6) is 1.65. The first-order chi connectivity index (χ1) is 18.8. The molecule has 5 nitrogen and oxygen atoms in total. The van der Waals surface area contributed by atoms with Gasteiger partial charge in [0.1, 0.15) is 22.8 Å². The number of benzene rings is 4. The fourth-order valence-electron chi connectivity index (χ4n) is 5.40. The van der Waals surface area contributed by atoms with Crippen LogP contribution in [0.25, 0.3) is 67.1 Å². The molecule has 8 aromatic rings. The van der Waals surface area contributed by atoms with Gasteiger partial charge in [-0.1, -0.05) is 97.1 Å². The van der Waals surface area contributed by atoms with Crippen LogP contribution in [-0.2, 0) is 0 Å². The fraction of sp³-hybridized carbons (Fsp3) is 0. The Morgan fingerprint density at radius 1 is 0.526 bits per heavy atom. The van der Waals surface area contributed by atoms with Gasteiger partial charge in [0.25, 0.3) is 0 Å². The molecule has 178 valence electrons. The van der Waals surface area contributed by atoms with E-state index in [4.69, 9.17) is 15.0 Å². The maximum absolute atomic E-state index is 5.31. The highest BCUT2D eigenvalue weighted by atomic mass is 15.2. The Bertz CT molecular complexity index is 2120. The van der Waals surface area contributed by atoms with Crippen LogP contribution in [0.5, 0.6) is 0 Å². The molecular weight excluding hydrogens is 466 g/mol. The second kappa shape index (κ2) is 8.11. The number of aromatic nitrogens is 5. The molecule has 5 heteroatoms. The number of hydrogen-bond acceptors (Lipinski definition) is 3. The van der Waals surface area contributed by atoms with E-state index >= 15 is 0 Å². The molecule has 4 aromatic heterocycles. The van der Waals surface area contributed by atoms with E-state index in [0.717, 1.165) is 67.1 Å². The molecule has 4 aromatic carbocycles. The fourth-order valence-corrected chi connectivity index (χ4v) is 5.40. The van der Waals surface area contributed by atoms with E-state index in [9.17, 15) is 0 Å². The van der Waals surface area contributed by atoms with Crippen LogP contribution < -0.4 is 0 Å². The van der Waals surface area contributed by atoms with Crippen LogP contribution in [0.15, 0.2) is 127 Å². The third-order valence-electron chi connectivity index (χ3n) is 7.10. The van der Waals surface area contributed by atoms with Crippen molar-refractivity contribution in [3.63, 3.8) is 0 Å². The third-order valence-corrected chi connectivity index (χ3v) is 7.10. The van der Waals surface area contributed by atoms with Crippen molar-refractivity contribution in [3.8, 4) is 28.5 Å². The van der Waals surface area contributed by atoms with Gasteiger partial charge in [-0.05, 0) is 35.7 Å². The summed E-state index contributed by atoms with van der Waals surface area (Å²) in [4.78, 5) is 15.4. The first-order valence-electron chi connectivity index (χ1n) is 12.6. The van der Waals surface area contributed by atoms with Crippen LogP contribution in [0.1, 0.15) is 0 Å². The monoisotopic (exact) mass is 487 g/mol. The Hall–Kier alpha value is -5.29. The van der Waals surface area contributed by atoms with Gasteiger partial charge in [0.15, 0.2) is 5.65 Å². The smallest absolute Gasteiger partial charge is 0.153 e. The summed E-state index contributed by atoms with van der Waals surface area (Å²) in [6.45, 7) is 0. The Labute approximate surface area is 218 Å². The molecule has 0 aliphatic heterocycles. The number of rotatable bonds is 3. The zero-order valence-electron chi connectivity index (χ0n) is 20.4. The summed E-state index contributed by atoms with van der Waals surface area (Å²) in [7, 11) is 0. The summed E-state index contributed by atoms with van der Waals surface area (Å²) in [6, 6.07) is 43.6. The molecule has 4 heterocycles. The summed E-state index contributed by atoms with van der Waals surface area (Å²) < 4.78 is 4.38. The van der Waals surface area contributed by atoms with Crippen molar-refractivity contribution < 1.29 is 0 Å². The molecule has 0 atom stereocenters. The molecular formula is C33H21N5. The average molecular weight is 488 g/mol. The summed E-state index contributed by atoms with van der Waals surface area (Å²) in [5, 5.41) is 2.24. The topological polar surface area (TPSA) is 48.0 Å². The SMILES string of the molecule is c1ccc(-c2nc(-n3c(-c4ccccc4)nc4ccc5nc6ccccc6n5c43)cc3ccccc23)cc1. The van der Waals surface area contributed by atoms with Gasteiger partial charge in [-0.3, -0.25) is 8.97 Å². The molecule has 0 spiro atoms. The second-order valence-corrected chi connectivity index (χ2v) is 9.39. The standard InChI is InChI=1S/C33H21N5/c1-3-11-22(12-4-1)31-25-16-8-7-15-24(25)21-30(36-31)38-32(23-13-5-2-6-14-23)35-27-19-20-29-34-26-17-9-10-18-28(26)37(29)33(27)38/h1-21H. The highest BCUT2D eigenvalue weighted by Gasteiger charge is 2.21. The van der Waals surface area contributed by atoms with Crippen LogP contribution in [-0.4, -0.2) is 23.9 Å². The van der Waals surface area contributed by atoms with Crippen LogP contribution in [0.2, 0.25) is 0 Å². The lowest BCUT2D eigenvalue weighted by molar-refractivity contribution is 1.01. The molecule has 8 rings (SSSR count). The minimum atomic E-state index is 0.814. The van der Waals surface area contributed by atoms with E-state index in [-0.39, 0.29) is 0 Å². The van der Waals surface area contributed by atoms with Crippen molar-refractivity contribution in [3.05, 3.63) is 127 Å². The maximum atomic E-state index is 5.31. The van der Waals surface area contributed by atoms with Crippen LogP contribution in [0.3, 0.4) is 0 Å². The van der Waals surface area contributed by atoms with Crippen molar-refractivity contribution in [1.29, 1.82) is 0 Å². The van der Waals surface area contributed by atoms with E-state index < -0.39 is 0 Å². The van der Waals surface area contributed by atoms with Gasteiger partial charge in [0.05, 0.1) is 16.7 Å². The van der Waals surface area contributed by atoms with Crippen molar-refractivity contribution in [1.82, 2.24) is 23.9 Å². The Balaban J connectivity index is 1.56. The van der Waals surface area contributed by atoms with Crippen molar-refractivity contribution in [2.75, 3.05) is 0 Å². The molecule has 0 aliphatic rings. The van der Waals surface area contributed by atoms with Gasteiger partial charge in [-0.25, -0.2) is 15.0 Å². The maximum Gasteiger partial charge on any atom is 0.153 e. The molecule has 0 aliphatic carbocycles. The molecule has 0 N–H and O–H groups in total. The van der Waals surface area contributed by atoms with Crippen molar-refractivity contribution in [2.24, 2.45) is 0 Å². The lowest BCUT2D eigenvalue weighted by Gasteiger charge is -2.14. The summed E-state index contributed by atoms with van der Waals surface area (Å²) in [6.07, 6.45) is 0. The zero-order valence-corrected chi connectivity index (χ0v) is 20.4. The number of imidazole rings is 2. The van der Waals surface area contributed by atoms with Gasteiger partial charge >= 0.3 is 0 Å². The predicted octanol–water partition coefficient (Wildman–Crippen LogP) is 7.71. The van der Waals surface area contributed by atoms with Crippen molar-refractivity contribution >= 4 is 38.6 Å². The molecule has 0 radical (unpaired) electrons. The highest BCUT2D eigenvalue weighted by molar-refractivity contribution is 5.97. The number of hydrogen-bond donors (Lipinski definition) is 0. The number of nitrogens with zero attached hydrogens (tertiary/aromatic N) is 5. The molecule has 0 saturated heterocycles. The van der Waals surface area contributed by atoms with Gasteiger partial charge in [-0.2, -0.15) is 0 Å². The van der Waals surface area contributed by atoms with E-state index in [2.05, 4.69) is 100.0 Å². The van der Waals surface area contributed by atoms with Gasteiger partial charge in [0, 0.05) is 16.5 Å². The van der Waals surface area contributed by atoms with Crippen LogP contribution in [0, 0.1) is 0 Å². The predicted molar refractivity (Wildman–Crippen MR) is 153 cm³/mol. The normalized spacial score (nSPS) is 11.7. The molecule has 38 heavy (non-hydrogen) atoms. The largest absolute Gasteiger partial charge is 0.276 e. The van der Waals surface area contributed by atoms with E-state index in [0.29, 0.717) is 0 Å². The summed E-state index contributed by atoms with van der Waals surface area (Å²) in [5.41, 5.74) is 7.74. The lowest BCUT2D eigenvalue weighted by Crippen LogP contribution is -2.04. The minimum Gasteiger partial charge on any atom is -0.276 e. The number of pyridine rings is 2. The number of para-hydroxylation sites is 2. The molecule has 0 amide bonds. The number of fused-ring (bicyclic) bond motifs is 6. The first-order valence-corrected chi connectivity index (χ1v) is 12.6. The Kier molecular flexibility index (Phi) is 4.45. The molecule has 0 fully saturated rings. The molecule has 0 unspecified atom stereocenters. The quantitative estimate of drug-likeness (QED) is 0.256. The van der Waals surface area contributed by atoms with Crippen LogP contribution >= 0.6 is 0 Å². The Morgan fingerprint density at radius 3 is 2.08 bits per heavy atom. The second-order valence-electron chi connectivity index (χ2n) is 9.39. The van der Waals surface area contributed by atoms with Crippen molar-refractivity contribution in [2.45, 2.75) is 0 Å². The first kappa shape index (κ1) is 20.9. The molecule has 0 bridgehead atoms. The average Bonchev–Trinajstić information content (AvgIpc) is 3.56. The highest BCUT2D eigenvalue weighted by Crippen LogP contribution is 2.34. The van der Waals surface area contributed by atoms with Gasteiger partial charge < -0.3 is 0 Å². The van der Waals surface area contributed by atoms with Gasteiger partial charge in [-0.15, -0.1) is 0 Å². The van der Waals surface area contributed by atoms with E-state index in [1.165, 1.54) is 0 Å². The van der Waals surface area contributed by atoms with E-state index in [1.807, 2.05) is 36.4 Å². The minimum absolute atomic E-state index is 0.814. The summed E-state index contributed by atoms with van der Waals surface area (Å²) >= 11 is 0. The lowest BCUT2D eigenvalue weighted by atomic mass is 10.0.